The van der Waals surface area contributed by atoms with E-state index < -0.39 is 11.9 Å². The normalized spacial score (nSPS) is 10.9. The Balaban J connectivity index is 2.32. The van der Waals surface area contributed by atoms with Crippen molar-refractivity contribution in [3.63, 3.8) is 0 Å². The summed E-state index contributed by atoms with van der Waals surface area (Å²) in [5, 5.41) is 20.4. The minimum atomic E-state index is -1.19. The summed E-state index contributed by atoms with van der Waals surface area (Å²) in [5.41, 5.74) is 0.463. The van der Waals surface area contributed by atoms with Crippen molar-refractivity contribution in [1.82, 2.24) is 0 Å². The van der Waals surface area contributed by atoms with E-state index in [1.54, 1.807) is 12.1 Å². The van der Waals surface area contributed by atoms with Crippen molar-refractivity contribution in [2.75, 3.05) is 0 Å². The van der Waals surface area contributed by atoms with Crippen LogP contribution in [0.3, 0.4) is 0 Å². The Labute approximate surface area is 142 Å². The number of hydrogen-bond donors (Lipinski definition) is 2. The van der Waals surface area contributed by atoms with Crippen LogP contribution < -0.4 is 0 Å². The summed E-state index contributed by atoms with van der Waals surface area (Å²) < 4.78 is 0. The lowest BCUT2D eigenvalue weighted by atomic mass is 9.91. The molecule has 0 spiro atoms. The molecule has 2 N–H and O–H groups in total. The van der Waals surface area contributed by atoms with Crippen molar-refractivity contribution in [2.24, 2.45) is 0 Å². The maximum atomic E-state index is 11.7. The zero-order chi connectivity index (χ0) is 17.5. The molecule has 0 unspecified atom stereocenters. The van der Waals surface area contributed by atoms with Crippen molar-refractivity contribution < 1.29 is 19.8 Å². The summed E-state index contributed by atoms with van der Waals surface area (Å²) in [7, 11) is 0. The fraction of sp³-hybridized carbons (Fsp3) is 0.400. The number of carboxylic acids is 2. The number of fused-ring (bicyclic) bond motifs is 1. The van der Waals surface area contributed by atoms with Crippen molar-refractivity contribution in [2.45, 2.75) is 51.9 Å². The van der Waals surface area contributed by atoms with E-state index in [9.17, 15) is 19.8 Å². The maximum absolute atomic E-state index is 11.7. The molecule has 0 aliphatic rings. The lowest BCUT2D eigenvalue weighted by molar-refractivity contribution is 0.0652. The van der Waals surface area contributed by atoms with Gasteiger partial charge in [0.25, 0.3) is 0 Å². The molecule has 0 radical (unpaired) electrons. The van der Waals surface area contributed by atoms with E-state index in [4.69, 9.17) is 0 Å². The average Bonchev–Trinajstić information content (AvgIpc) is 2.56. The second-order valence-electron chi connectivity index (χ2n) is 6.13. The van der Waals surface area contributed by atoms with Gasteiger partial charge in [0, 0.05) is 0 Å². The highest BCUT2D eigenvalue weighted by molar-refractivity contribution is 6.12. The highest BCUT2D eigenvalue weighted by Gasteiger charge is 2.23. The van der Waals surface area contributed by atoms with Crippen LogP contribution in [-0.4, -0.2) is 22.2 Å². The lowest BCUT2D eigenvalue weighted by Gasteiger charge is -2.13. The van der Waals surface area contributed by atoms with E-state index in [2.05, 4.69) is 6.92 Å². The Hall–Kier alpha value is -2.36. The summed E-state index contributed by atoms with van der Waals surface area (Å²) >= 11 is 0. The molecule has 0 saturated carbocycles. The van der Waals surface area contributed by atoms with Gasteiger partial charge in [0.1, 0.15) is 0 Å². The molecule has 0 aliphatic heterocycles. The van der Waals surface area contributed by atoms with Crippen molar-refractivity contribution in [3.05, 3.63) is 47.0 Å². The van der Waals surface area contributed by atoms with Gasteiger partial charge < -0.3 is 10.2 Å². The summed E-state index contributed by atoms with van der Waals surface area (Å²) in [4.78, 5) is 23.4. The van der Waals surface area contributed by atoms with Gasteiger partial charge in [-0.25, -0.2) is 9.59 Å². The van der Waals surface area contributed by atoms with Gasteiger partial charge in [-0.3, -0.25) is 0 Å². The first-order valence-electron chi connectivity index (χ1n) is 8.57. The third kappa shape index (κ3) is 4.13. The number of unbranched alkanes of at least 4 members (excludes halogenated alkanes) is 5. The first-order valence-corrected chi connectivity index (χ1v) is 8.57. The molecule has 0 aliphatic carbocycles. The Morgan fingerprint density at radius 3 is 2.17 bits per heavy atom. The number of carboxylic acid groups (broad SMARTS) is 2. The van der Waals surface area contributed by atoms with Crippen LogP contribution >= 0.6 is 0 Å². The number of aryl methyl sites for hydroxylation is 1. The second kappa shape index (κ2) is 8.48. The average molecular weight is 328 g/mol. The Morgan fingerprint density at radius 2 is 1.50 bits per heavy atom. The predicted octanol–water partition coefficient (Wildman–Crippen LogP) is 5.14. The number of hydrogen-bond acceptors (Lipinski definition) is 2. The van der Waals surface area contributed by atoms with Gasteiger partial charge in [0.2, 0.25) is 0 Å². The Morgan fingerprint density at radius 1 is 0.875 bits per heavy atom. The van der Waals surface area contributed by atoms with Crippen LogP contribution in [0, 0.1) is 0 Å². The Bertz CT molecular complexity index is 734. The van der Waals surface area contributed by atoms with E-state index in [1.165, 1.54) is 19.3 Å². The van der Waals surface area contributed by atoms with E-state index in [0.717, 1.165) is 24.6 Å². The van der Waals surface area contributed by atoms with Gasteiger partial charge in [0.15, 0.2) is 0 Å². The van der Waals surface area contributed by atoms with Crippen LogP contribution in [0.1, 0.15) is 71.7 Å². The number of aromatic carboxylic acids is 2. The molecule has 2 aromatic carbocycles. The summed E-state index contributed by atoms with van der Waals surface area (Å²) in [5.74, 6) is -2.35. The number of carbonyl (C=O) groups is 2. The molecule has 24 heavy (non-hydrogen) atoms. The van der Waals surface area contributed by atoms with Crippen LogP contribution in [0.2, 0.25) is 0 Å². The molecule has 0 amide bonds. The standard InChI is InChI=1S/C20H24O4/c1-2-3-4-5-6-7-11-15-13-14-10-8-9-12-16(14)18(20(23)24)17(15)19(21)22/h8-10,12-13H,2-7,11H2,1H3,(H,21,22)(H,23,24). The van der Waals surface area contributed by atoms with Gasteiger partial charge in [0.05, 0.1) is 11.1 Å². The fourth-order valence-corrected chi connectivity index (χ4v) is 3.17. The highest BCUT2D eigenvalue weighted by atomic mass is 16.4. The van der Waals surface area contributed by atoms with Gasteiger partial charge in [-0.1, -0.05) is 69.4 Å². The molecule has 2 rings (SSSR count). The zero-order valence-corrected chi connectivity index (χ0v) is 14.0. The molecule has 0 atom stereocenters. The SMILES string of the molecule is CCCCCCCCc1cc2ccccc2c(C(=O)O)c1C(=O)O. The molecule has 4 heteroatoms. The smallest absolute Gasteiger partial charge is 0.337 e. The molecule has 0 aromatic heterocycles. The van der Waals surface area contributed by atoms with E-state index >= 15 is 0 Å². The second-order valence-corrected chi connectivity index (χ2v) is 6.13. The number of rotatable bonds is 9. The summed E-state index contributed by atoms with van der Waals surface area (Å²) in [6.45, 7) is 2.17. The molecule has 0 heterocycles. The van der Waals surface area contributed by atoms with Crippen LogP contribution in [0.15, 0.2) is 30.3 Å². The quantitative estimate of drug-likeness (QED) is 0.625. The molecule has 0 fully saturated rings. The van der Waals surface area contributed by atoms with E-state index in [1.807, 2.05) is 18.2 Å². The predicted molar refractivity (Wildman–Crippen MR) is 94.9 cm³/mol. The van der Waals surface area contributed by atoms with Gasteiger partial charge in [-0.15, -0.1) is 0 Å². The topological polar surface area (TPSA) is 74.6 Å². The first kappa shape index (κ1) is 18.0. The highest BCUT2D eigenvalue weighted by Crippen LogP contribution is 2.28. The zero-order valence-electron chi connectivity index (χ0n) is 14.0. The lowest BCUT2D eigenvalue weighted by Crippen LogP contribution is -2.12. The monoisotopic (exact) mass is 328 g/mol. The fourth-order valence-electron chi connectivity index (χ4n) is 3.17. The minimum Gasteiger partial charge on any atom is -0.478 e. The molecular formula is C20H24O4. The summed E-state index contributed by atoms with van der Waals surface area (Å²) in [6, 6.07) is 8.89. The van der Waals surface area contributed by atoms with E-state index in [-0.39, 0.29) is 11.1 Å². The molecule has 2 aromatic rings. The number of benzene rings is 2. The van der Waals surface area contributed by atoms with Gasteiger partial charge >= 0.3 is 11.9 Å². The maximum Gasteiger partial charge on any atom is 0.337 e. The van der Waals surface area contributed by atoms with Crippen LogP contribution in [-0.2, 0) is 6.42 Å². The van der Waals surface area contributed by atoms with Crippen LogP contribution in [0.25, 0.3) is 10.8 Å². The van der Waals surface area contributed by atoms with E-state index in [0.29, 0.717) is 17.4 Å². The van der Waals surface area contributed by atoms with Crippen molar-refractivity contribution in [3.8, 4) is 0 Å². The largest absolute Gasteiger partial charge is 0.478 e. The first-order chi connectivity index (χ1) is 11.6. The molecule has 0 saturated heterocycles. The van der Waals surface area contributed by atoms with Crippen LogP contribution in [0.5, 0.6) is 0 Å². The van der Waals surface area contributed by atoms with Crippen molar-refractivity contribution in [1.29, 1.82) is 0 Å². The molecule has 128 valence electrons. The minimum absolute atomic E-state index is 0.0604. The third-order valence-electron chi connectivity index (χ3n) is 4.36. The molecular weight excluding hydrogens is 304 g/mol. The van der Waals surface area contributed by atoms with Crippen molar-refractivity contribution >= 4 is 22.7 Å². The van der Waals surface area contributed by atoms with Crippen LogP contribution in [0.4, 0.5) is 0 Å². The Kier molecular flexibility index (Phi) is 6.36. The van der Waals surface area contributed by atoms with Gasteiger partial charge in [-0.2, -0.15) is 0 Å². The molecule has 0 bridgehead atoms. The van der Waals surface area contributed by atoms with Gasteiger partial charge in [-0.05, 0) is 29.2 Å². The molecule has 4 nitrogen and oxygen atoms in total. The third-order valence-corrected chi connectivity index (χ3v) is 4.36. The summed E-state index contributed by atoms with van der Waals surface area (Å²) in [6.07, 6.45) is 7.25.